The number of hydrogen-bond donors (Lipinski definition) is 0. The van der Waals surface area contributed by atoms with Gasteiger partial charge in [-0.15, -0.1) is 0 Å². The molecule has 13 heavy (non-hydrogen) atoms. The molecule has 2 aliphatic rings. The van der Waals surface area contributed by atoms with Gasteiger partial charge in [-0.2, -0.15) is 0 Å². The summed E-state index contributed by atoms with van der Waals surface area (Å²) >= 11 is 0. The van der Waals surface area contributed by atoms with Gasteiger partial charge in [0.1, 0.15) is 6.10 Å². The van der Waals surface area contributed by atoms with Crippen molar-refractivity contribution in [2.45, 2.75) is 12.5 Å². The van der Waals surface area contributed by atoms with Gasteiger partial charge in [-0.1, -0.05) is 0 Å². The van der Waals surface area contributed by atoms with Crippen molar-refractivity contribution in [3.63, 3.8) is 0 Å². The number of epoxide rings is 1. The molecule has 2 rings (SSSR count). The standard InChI is InChI=1S/C8H14O4S/c9-13(10)2-1-7(6-13)3-11-4-8-5-12-8/h7-8H,1-6H2. The van der Waals surface area contributed by atoms with E-state index in [0.29, 0.717) is 24.7 Å². The Morgan fingerprint density at radius 1 is 1.38 bits per heavy atom. The quantitative estimate of drug-likeness (QED) is 0.600. The van der Waals surface area contributed by atoms with Crippen LogP contribution in [-0.2, 0) is 19.3 Å². The Hall–Kier alpha value is -0.130. The molecule has 4 nitrogen and oxygen atoms in total. The minimum atomic E-state index is -2.74. The van der Waals surface area contributed by atoms with Crippen molar-refractivity contribution in [2.24, 2.45) is 5.92 Å². The number of ether oxygens (including phenoxy) is 2. The molecule has 5 heteroatoms. The molecule has 2 fully saturated rings. The van der Waals surface area contributed by atoms with E-state index in [1.165, 1.54) is 0 Å². The average Bonchev–Trinajstić information content (AvgIpc) is 2.78. The predicted molar refractivity (Wildman–Crippen MR) is 47.3 cm³/mol. The number of hydrogen-bond acceptors (Lipinski definition) is 4. The molecule has 0 aromatic heterocycles. The maximum atomic E-state index is 11.1. The van der Waals surface area contributed by atoms with Crippen molar-refractivity contribution in [2.75, 3.05) is 31.3 Å². The fourth-order valence-corrected chi connectivity index (χ4v) is 3.37. The lowest BCUT2D eigenvalue weighted by atomic mass is 10.1. The molecule has 2 saturated heterocycles. The Morgan fingerprint density at radius 3 is 2.69 bits per heavy atom. The molecule has 0 radical (unpaired) electrons. The fourth-order valence-electron chi connectivity index (χ4n) is 1.53. The molecule has 0 bridgehead atoms. The van der Waals surface area contributed by atoms with Gasteiger partial charge in [0.2, 0.25) is 0 Å². The highest BCUT2D eigenvalue weighted by atomic mass is 32.2. The summed E-state index contributed by atoms with van der Waals surface area (Å²) < 4.78 is 32.5. The van der Waals surface area contributed by atoms with Crippen LogP contribution in [0.1, 0.15) is 6.42 Å². The number of rotatable bonds is 4. The van der Waals surface area contributed by atoms with E-state index in [2.05, 4.69) is 0 Å². The van der Waals surface area contributed by atoms with Crippen LogP contribution in [-0.4, -0.2) is 45.8 Å². The van der Waals surface area contributed by atoms with Gasteiger partial charge in [0.25, 0.3) is 0 Å². The topological polar surface area (TPSA) is 55.9 Å². The van der Waals surface area contributed by atoms with Crippen LogP contribution in [0.2, 0.25) is 0 Å². The molecule has 0 N–H and O–H groups in total. The van der Waals surface area contributed by atoms with E-state index in [4.69, 9.17) is 9.47 Å². The summed E-state index contributed by atoms with van der Waals surface area (Å²) in [6.45, 7) is 1.98. The minimum absolute atomic E-state index is 0.212. The molecule has 2 aliphatic heterocycles. The zero-order valence-corrected chi connectivity index (χ0v) is 8.26. The fraction of sp³-hybridized carbons (Fsp3) is 1.00. The third-order valence-electron chi connectivity index (χ3n) is 2.39. The van der Waals surface area contributed by atoms with Gasteiger partial charge in [-0.25, -0.2) is 8.42 Å². The summed E-state index contributed by atoms with van der Waals surface area (Å²) in [6, 6.07) is 0. The molecule has 0 aromatic carbocycles. The second-order valence-corrected chi connectivity index (χ2v) is 5.99. The van der Waals surface area contributed by atoms with Crippen LogP contribution in [0.25, 0.3) is 0 Å². The first-order chi connectivity index (χ1) is 6.16. The highest BCUT2D eigenvalue weighted by Gasteiger charge is 2.29. The van der Waals surface area contributed by atoms with Gasteiger partial charge in [0.15, 0.2) is 9.84 Å². The van der Waals surface area contributed by atoms with Gasteiger partial charge in [0, 0.05) is 0 Å². The molecule has 0 spiro atoms. The Kier molecular flexibility index (Phi) is 2.58. The van der Waals surface area contributed by atoms with E-state index in [1.807, 2.05) is 0 Å². The van der Waals surface area contributed by atoms with Gasteiger partial charge < -0.3 is 9.47 Å². The lowest BCUT2D eigenvalue weighted by molar-refractivity contribution is 0.0924. The first-order valence-electron chi connectivity index (χ1n) is 4.55. The smallest absolute Gasteiger partial charge is 0.150 e. The van der Waals surface area contributed by atoms with Crippen LogP contribution >= 0.6 is 0 Å². The van der Waals surface area contributed by atoms with Crippen molar-refractivity contribution >= 4 is 9.84 Å². The van der Waals surface area contributed by atoms with Crippen LogP contribution in [0, 0.1) is 5.92 Å². The summed E-state index contributed by atoms with van der Waals surface area (Å²) in [6.07, 6.45) is 1.03. The van der Waals surface area contributed by atoms with Crippen LogP contribution in [0.15, 0.2) is 0 Å². The van der Waals surface area contributed by atoms with Crippen molar-refractivity contribution in [3.05, 3.63) is 0 Å². The highest BCUT2D eigenvalue weighted by Crippen LogP contribution is 2.19. The minimum Gasteiger partial charge on any atom is -0.378 e. The molecule has 0 amide bonds. The average molecular weight is 206 g/mol. The van der Waals surface area contributed by atoms with Gasteiger partial charge in [0.05, 0.1) is 31.3 Å². The summed E-state index contributed by atoms with van der Waals surface area (Å²) in [5, 5.41) is 0. The first-order valence-corrected chi connectivity index (χ1v) is 6.38. The third-order valence-corrected chi connectivity index (χ3v) is 4.22. The van der Waals surface area contributed by atoms with E-state index >= 15 is 0 Å². The van der Waals surface area contributed by atoms with E-state index < -0.39 is 9.84 Å². The Bertz CT molecular complexity index is 268. The molecule has 76 valence electrons. The summed E-state index contributed by atoms with van der Waals surface area (Å²) in [7, 11) is -2.74. The van der Waals surface area contributed by atoms with Gasteiger partial charge in [-0.3, -0.25) is 0 Å². The van der Waals surface area contributed by atoms with Crippen LogP contribution in [0.3, 0.4) is 0 Å². The lowest BCUT2D eigenvalue weighted by Crippen LogP contribution is -2.13. The van der Waals surface area contributed by atoms with Crippen molar-refractivity contribution in [1.82, 2.24) is 0 Å². The largest absolute Gasteiger partial charge is 0.378 e. The highest BCUT2D eigenvalue weighted by molar-refractivity contribution is 7.91. The summed E-state index contributed by atoms with van der Waals surface area (Å²) in [4.78, 5) is 0. The van der Waals surface area contributed by atoms with Crippen LogP contribution < -0.4 is 0 Å². The second-order valence-electron chi connectivity index (χ2n) is 3.76. The molecular formula is C8H14O4S. The Balaban J connectivity index is 1.65. The maximum Gasteiger partial charge on any atom is 0.150 e. The van der Waals surface area contributed by atoms with Gasteiger partial charge in [-0.05, 0) is 12.3 Å². The third kappa shape index (κ3) is 2.93. The van der Waals surface area contributed by atoms with E-state index in [0.717, 1.165) is 13.0 Å². The molecule has 0 saturated carbocycles. The summed E-state index contributed by atoms with van der Waals surface area (Å²) in [5.74, 6) is 0.850. The van der Waals surface area contributed by atoms with Crippen molar-refractivity contribution in [3.8, 4) is 0 Å². The summed E-state index contributed by atoms with van der Waals surface area (Å²) in [5.41, 5.74) is 0. The zero-order chi connectivity index (χ0) is 9.31. The Labute approximate surface area is 78.1 Å². The SMILES string of the molecule is O=S1(=O)CCC(COCC2CO2)C1. The normalized spacial score (nSPS) is 36.3. The predicted octanol–water partition coefficient (Wildman–Crippen LogP) is -0.163. The maximum absolute atomic E-state index is 11.1. The van der Waals surface area contributed by atoms with Crippen LogP contribution in [0.4, 0.5) is 0 Å². The van der Waals surface area contributed by atoms with Crippen LogP contribution in [0.5, 0.6) is 0 Å². The zero-order valence-electron chi connectivity index (χ0n) is 7.44. The Morgan fingerprint density at radius 2 is 2.15 bits per heavy atom. The molecular weight excluding hydrogens is 192 g/mol. The monoisotopic (exact) mass is 206 g/mol. The molecule has 2 atom stereocenters. The van der Waals surface area contributed by atoms with E-state index in [9.17, 15) is 8.42 Å². The number of sulfone groups is 1. The molecule has 2 heterocycles. The van der Waals surface area contributed by atoms with Gasteiger partial charge >= 0.3 is 0 Å². The second kappa shape index (κ2) is 3.55. The molecule has 0 aliphatic carbocycles. The van der Waals surface area contributed by atoms with E-state index in [1.54, 1.807) is 0 Å². The molecule has 0 aromatic rings. The first kappa shape index (κ1) is 9.43. The van der Waals surface area contributed by atoms with Crippen molar-refractivity contribution < 1.29 is 17.9 Å². The lowest BCUT2D eigenvalue weighted by Gasteiger charge is -2.06. The van der Waals surface area contributed by atoms with Crippen molar-refractivity contribution in [1.29, 1.82) is 0 Å². The molecule has 2 unspecified atom stereocenters. The van der Waals surface area contributed by atoms with E-state index in [-0.39, 0.29) is 12.0 Å².